The van der Waals surface area contributed by atoms with Gasteiger partial charge in [0.05, 0.1) is 17.8 Å². The number of aliphatic imine (C=N–C) groups is 1. The molecule has 32 heavy (non-hydrogen) atoms. The third-order valence-corrected chi connectivity index (χ3v) is 5.34. The van der Waals surface area contributed by atoms with E-state index < -0.39 is 6.04 Å². The second kappa shape index (κ2) is 10.2. The van der Waals surface area contributed by atoms with E-state index in [4.69, 9.17) is 4.99 Å². The van der Waals surface area contributed by atoms with Crippen molar-refractivity contribution in [2.45, 2.75) is 19.0 Å². The molecule has 156 valence electrons. The van der Waals surface area contributed by atoms with Gasteiger partial charge in [0.2, 0.25) is 0 Å². The first kappa shape index (κ1) is 21.1. The molecule has 1 N–H and O–H groups in total. The maximum absolute atomic E-state index is 10.2. The molecule has 3 nitrogen and oxygen atoms in total. The van der Waals surface area contributed by atoms with Crippen molar-refractivity contribution in [3.8, 4) is 6.07 Å². The molecule has 0 bridgehead atoms. The summed E-state index contributed by atoms with van der Waals surface area (Å²) in [5.74, 6) is 0. The van der Waals surface area contributed by atoms with Crippen LogP contribution in [0.3, 0.4) is 0 Å². The second-order valence-corrected chi connectivity index (χ2v) is 7.68. The van der Waals surface area contributed by atoms with Gasteiger partial charge in [0, 0.05) is 16.8 Å². The standard InChI is InChI=1S/C29H25N3/c1-22-17-19-25(20-18-22)29(31-26-15-9-4-10-16-26)27(21-30)32-28(23-11-5-2-6-12-23)24-13-7-3-8-14-24/h2-20,27,29,31H,1H3/t27-,29-/m1/s1. The fraction of sp³-hybridized carbons (Fsp3) is 0.103. The van der Waals surface area contributed by atoms with E-state index in [1.807, 2.05) is 91.0 Å². The van der Waals surface area contributed by atoms with Gasteiger partial charge in [-0.3, -0.25) is 4.99 Å². The molecule has 4 aromatic rings. The smallest absolute Gasteiger partial charge is 0.161 e. The predicted octanol–water partition coefficient (Wildman–Crippen LogP) is 6.58. The predicted molar refractivity (Wildman–Crippen MR) is 132 cm³/mol. The van der Waals surface area contributed by atoms with Crippen LogP contribution in [0, 0.1) is 18.3 Å². The highest BCUT2D eigenvalue weighted by Gasteiger charge is 2.24. The summed E-state index contributed by atoms with van der Waals surface area (Å²) in [5, 5.41) is 13.8. The van der Waals surface area contributed by atoms with Crippen molar-refractivity contribution in [3.63, 3.8) is 0 Å². The number of nitrogens with zero attached hydrogens (tertiary/aromatic N) is 2. The Morgan fingerprint density at radius 3 is 1.72 bits per heavy atom. The molecule has 0 aliphatic rings. The van der Waals surface area contributed by atoms with Crippen LogP contribution in [0.2, 0.25) is 0 Å². The minimum absolute atomic E-state index is 0.301. The van der Waals surface area contributed by atoms with Gasteiger partial charge in [-0.15, -0.1) is 0 Å². The maximum Gasteiger partial charge on any atom is 0.161 e. The van der Waals surface area contributed by atoms with E-state index >= 15 is 0 Å². The van der Waals surface area contributed by atoms with Crippen LogP contribution in [0.15, 0.2) is 120 Å². The van der Waals surface area contributed by atoms with Gasteiger partial charge in [-0.1, -0.05) is 109 Å². The van der Waals surface area contributed by atoms with Gasteiger partial charge < -0.3 is 5.32 Å². The minimum Gasteiger partial charge on any atom is -0.375 e. The van der Waals surface area contributed by atoms with Crippen molar-refractivity contribution in [1.82, 2.24) is 0 Å². The van der Waals surface area contributed by atoms with E-state index in [1.54, 1.807) is 0 Å². The maximum atomic E-state index is 10.2. The molecule has 0 saturated heterocycles. The molecule has 4 aromatic carbocycles. The lowest BCUT2D eigenvalue weighted by atomic mass is 9.97. The summed E-state index contributed by atoms with van der Waals surface area (Å²) in [6.07, 6.45) is 0. The average Bonchev–Trinajstić information content (AvgIpc) is 2.86. The lowest BCUT2D eigenvalue weighted by Crippen LogP contribution is -2.25. The SMILES string of the molecule is Cc1ccc([C@@H](Nc2ccccc2)[C@@H](C#N)N=C(c2ccccc2)c2ccccc2)cc1. The molecule has 3 heteroatoms. The van der Waals surface area contributed by atoms with Crippen LogP contribution >= 0.6 is 0 Å². The summed E-state index contributed by atoms with van der Waals surface area (Å²) in [6, 6.07) is 39.9. The topological polar surface area (TPSA) is 48.2 Å². The Balaban J connectivity index is 1.80. The number of nitrogens with one attached hydrogen (secondary N) is 1. The van der Waals surface area contributed by atoms with E-state index in [0.29, 0.717) is 0 Å². The van der Waals surface area contributed by atoms with Gasteiger partial charge in [-0.2, -0.15) is 5.26 Å². The lowest BCUT2D eigenvalue weighted by molar-refractivity contribution is 0.690. The van der Waals surface area contributed by atoms with E-state index in [-0.39, 0.29) is 6.04 Å². The molecule has 0 aromatic heterocycles. The Morgan fingerprint density at radius 2 is 1.22 bits per heavy atom. The first-order valence-corrected chi connectivity index (χ1v) is 10.7. The quantitative estimate of drug-likeness (QED) is 0.347. The average molecular weight is 416 g/mol. The highest BCUT2D eigenvalue weighted by atomic mass is 15.0. The molecule has 0 fully saturated rings. The van der Waals surface area contributed by atoms with E-state index in [0.717, 1.165) is 28.1 Å². The van der Waals surface area contributed by atoms with Crippen molar-refractivity contribution < 1.29 is 0 Å². The number of para-hydroxylation sites is 1. The lowest BCUT2D eigenvalue weighted by Gasteiger charge is -2.24. The van der Waals surface area contributed by atoms with Crippen molar-refractivity contribution in [2.24, 2.45) is 4.99 Å². The molecule has 0 radical (unpaired) electrons. The number of rotatable bonds is 7. The summed E-state index contributed by atoms with van der Waals surface area (Å²) in [5.41, 5.74) is 5.94. The first-order chi connectivity index (χ1) is 15.7. The molecular formula is C29H25N3. The summed E-state index contributed by atoms with van der Waals surface area (Å²) < 4.78 is 0. The molecule has 0 aliphatic carbocycles. The van der Waals surface area contributed by atoms with Crippen LogP contribution in [0.4, 0.5) is 5.69 Å². The van der Waals surface area contributed by atoms with Crippen LogP contribution in [-0.2, 0) is 0 Å². The highest BCUT2D eigenvalue weighted by Crippen LogP contribution is 2.26. The van der Waals surface area contributed by atoms with Gasteiger partial charge >= 0.3 is 0 Å². The summed E-state index contributed by atoms with van der Waals surface area (Å²) in [7, 11) is 0. The Labute approximate surface area is 189 Å². The number of nitriles is 1. The Hall–Kier alpha value is -4.16. The Morgan fingerprint density at radius 1 is 0.719 bits per heavy atom. The van der Waals surface area contributed by atoms with Crippen LogP contribution in [0.1, 0.15) is 28.3 Å². The van der Waals surface area contributed by atoms with Crippen molar-refractivity contribution in [3.05, 3.63) is 138 Å². The zero-order chi connectivity index (χ0) is 22.2. The van der Waals surface area contributed by atoms with Crippen LogP contribution < -0.4 is 5.32 Å². The zero-order valence-electron chi connectivity index (χ0n) is 18.0. The summed E-state index contributed by atoms with van der Waals surface area (Å²) in [4.78, 5) is 5.02. The molecule has 0 aliphatic heterocycles. The minimum atomic E-state index is -0.631. The molecule has 0 heterocycles. The van der Waals surface area contributed by atoms with Crippen molar-refractivity contribution >= 4 is 11.4 Å². The fourth-order valence-electron chi connectivity index (χ4n) is 3.66. The molecule has 0 unspecified atom stereocenters. The number of anilines is 1. The molecule has 0 saturated carbocycles. The third-order valence-electron chi connectivity index (χ3n) is 5.34. The molecule has 0 amide bonds. The molecular weight excluding hydrogens is 390 g/mol. The van der Waals surface area contributed by atoms with Gasteiger partial charge in [-0.05, 0) is 24.6 Å². The fourth-order valence-corrected chi connectivity index (χ4v) is 3.66. The van der Waals surface area contributed by atoms with E-state index in [2.05, 4.69) is 42.6 Å². The van der Waals surface area contributed by atoms with Crippen LogP contribution in [0.25, 0.3) is 0 Å². The van der Waals surface area contributed by atoms with Gasteiger partial charge in [-0.25, -0.2) is 0 Å². The summed E-state index contributed by atoms with van der Waals surface area (Å²) >= 11 is 0. The van der Waals surface area contributed by atoms with Gasteiger partial charge in [0.25, 0.3) is 0 Å². The van der Waals surface area contributed by atoms with Crippen molar-refractivity contribution in [2.75, 3.05) is 5.32 Å². The monoisotopic (exact) mass is 415 g/mol. The molecule has 2 atom stereocenters. The molecule has 4 rings (SSSR count). The molecule has 0 spiro atoms. The number of aryl methyl sites for hydroxylation is 1. The first-order valence-electron chi connectivity index (χ1n) is 10.7. The van der Waals surface area contributed by atoms with Crippen LogP contribution in [0.5, 0.6) is 0 Å². The second-order valence-electron chi connectivity index (χ2n) is 7.68. The van der Waals surface area contributed by atoms with Gasteiger partial charge in [0.15, 0.2) is 6.04 Å². The highest BCUT2D eigenvalue weighted by molar-refractivity contribution is 6.13. The van der Waals surface area contributed by atoms with E-state index in [1.165, 1.54) is 5.56 Å². The normalized spacial score (nSPS) is 12.2. The number of hydrogen-bond acceptors (Lipinski definition) is 3. The van der Waals surface area contributed by atoms with Gasteiger partial charge in [0.1, 0.15) is 0 Å². The van der Waals surface area contributed by atoms with E-state index in [9.17, 15) is 5.26 Å². The number of benzene rings is 4. The van der Waals surface area contributed by atoms with Crippen molar-refractivity contribution in [1.29, 1.82) is 5.26 Å². The van der Waals surface area contributed by atoms with Crippen LogP contribution in [-0.4, -0.2) is 11.8 Å². The Kier molecular flexibility index (Phi) is 6.75. The third kappa shape index (κ3) is 5.11. The number of hydrogen-bond donors (Lipinski definition) is 1. The summed E-state index contributed by atoms with van der Waals surface area (Å²) in [6.45, 7) is 2.06. The zero-order valence-corrected chi connectivity index (χ0v) is 18.0. The Bertz CT molecular complexity index is 1150. The largest absolute Gasteiger partial charge is 0.375 e.